The zero-order chi connectivity index (χ0) is 52.7. The van der Waals surface area contributed by atoms with Crippen molar-refractivity contribution in [3.63, 3.8) is 0 Å². The van der Waals surface area contributed by atoms with Crippen LogP contribution in [0.2, 0.25) is 0 Å². The number of pyridine rings is 2. The van der Waals surface area contributed by atoms with Gasteiger partial charge in [0.1, 0.15) is 63.0 Å². The topological polar surface area (TPSA) is 201 Å². The molecule has 0 fully saturated rings. The molecule has 2 amide bonds. The Morgan fingerprint density at radius 1 is 0.806 bits per heavy atom. The minimum Gasteiger partial charge on any atom is -0.497 e. The van der Waals surface area contributed by atoms with E-state index in [-0.39, 0.29) is 54.8 Å². The van der Waals surface area contributed by atoms with Gasteiger partial charge in [-0.3, -0.25) is 0 Å². The summed E-state index contributed by atoms with van der Waals surface area (Å²) in [6, 6.07) is 16.0. The normalized spacial score (nSPS) is 13.5. The molecular formula is C49H53F4N9O9S. The quantitative estimate of drug-likeness (QED) is 0.0827. The molecule has 0 spiro atoms. The summed E-state index contributed by atoms with van der Waals surface area (Å²) in [6.07, 6.45) is -5.30. The van der Waals surface area contributed by atoms with Gasteiger partial charge in [-0.25, -0.2) is 52.3 Å². The number of hydrogen-bond donors (Lipinski definition) is 0. The Morgan fingerprint density at radius 2 is 1.36 bits per heavy atom. The Morgan fingerprint density at radius 3 is 1.86 bits per heavy atom. The molecule has 1 unspecified atom stereocenters. The summed E-state index contributed by atoms with van der Waals surface area (Å²) >= 11 is 0. The molecule has 7 rings (SSSR count). The van der Waals surface area contributed by atoms with Gasteiger partial charge in [-0.2, -0.15) is 18.1 Å². The number of amides is 2. The van der Waals surface area contributed by atoms with Gasteiger partial charge in [-0.05, 0) is 96.8 Å². The van der Waals surface area contributed by atoms with E-state index in [1.165, 1.54) is 31.4 Å². The number of alkyl halides is 3. The molecule has 5 heterocycles. The highest BCUT2D eigenvalue weighted by Crippen LogP contribution is 2.45. The lowest BCUT2D eigenvalue weighted by Gasteiger charge is -2.33. The minimum atomic E-state index is -5.16. The smallest absolute Gasteiger partial charge is 0.425 e. The third-order valence-corrected chi connectivity index (χ3v) is 11.8. The van der Waals surface area contributed by atoms with Gasteiger partial charge in [0, 0.05) is 31.1 Å². The molecule has 4 aromatic heterocycles. The van der Waals surface area contributed by atoms with Crippen molar-refractivity contribution in [1.82, 2.24) is 29.9 Å². The highest BCUT2D eigenvalue weighted by molar-refractivity contribution is 7.90. The number of sulfone groups is 1. The molecule has 0 N–H and O–H groups in total. The lowest BCUT2D eigenvalue weighted by Crippen LogP contribution is -2.45. The van der Waals surface area contributed by atoms with Crippen LogP contribution < -0.4 is 28.9 Å². The van der Waals surface area contributed by atoms with Gasteiger partial charge in [0.15, 0.2) is 11.6 Å². The molecule has 1 atom stereocenters. The van der Waals surface area contributed by atoms with Gasteiger partial charge in [0.25, 0.3) is 0 Å². The van der Waals surface area contributed by atoms with Crippen molar-refractivity contribution < 1.29 is 59.3 Å². The molecule has 0 bridgehead atoms. The van der Waals surface area contributed by atoms with Crippen molar-refractivity contribution >= 4 is 50.5 Å². The van der Waals surface area contributed by atoms with Gasteiger partial charge in [0.05, 0.1) is 32.5 Å². The summed E-state index contributed by atoms with van der Waals surface area (Å²) in [4.78, 5) is 57.4. The fourth-order valence-electron chi connectivity index (χ4n) is 7.73. The number of benzene rings is 2. The maximum absolute atomic E-state index is 17.7. The lowest BCUT2D eigenvalue weighted by molar-refractivity contribution is -0.138. The van der Waals surface area contributed by atoms with Crippen molar-refractivity contribution in [3.05, 3.63) is 101 Å². The number of nitrogens with zero attached hydrogens (tertiary/aromatic N) is 9. The SMILES string of the molecule is COc1ccc(CN(Cc2ccc(OC)cc2)c2nc(C)c(C(F)(F)F)c(-c3nc4c5c(nc(S(C)(=O)=O)nc5c3F)N(C(C)c3cccnc3N(C(=O)OC(C)(C)C)C(=O)OC(C)(C)C)CCO4)n2)cc1. The molecular weight excluding hydrogens is 967 g/mol. The molecule has 18 nitrogen and oxygen atoms in total. The third-order valence-electron chi connectivity index (χ3n) is 10.9. The van der Waals surface area contributed by atoms with E-state index in [4.69, 9.17) is 23.7 Å². The average molecular weight is 1020 g/mol. The van der Waals surface area contributed by atoms with Crippen LogP contribution in [-0.4, -0.2) is 95.3 Å². The van der Waals surface area contributed by atoms with Crippen LogP contribution in [0.4, 0.5) is 44.7 Å². The number of aryl methyl sites for hydroxylation is 1. The largest absolute Gasteiger partial charge is 0.497 e. The fraction of sp³-hybridized carbons (Fsp3) is 0.388. The van der Waals surface area contributed by atoms with Crippen LogP contribution in [0.5, 0.6) is 17.4 Å². The van der Waals surface area contributed by atoms with E-state index in [0.717, 1.165) is 13.2 Å². The molecule has 0 radical (unpaired) electrons. The van der Waals surface area contributed by atoms with Gasteiger partial charge >= 0.3 is 18.4 Å². The Kier molecular flexibility index (Phi) is 14.5. The lowest BCUT2D eigenvalue weighted by atomic mass is 10.1. The zero-order valence-corrected chi connectivity index (χ0v) is 42.2. The predicted molar refractivity (Wildman–Crippen MR) is 257 cm³/mol. The average Bonchev–Trinajstić information content (AvgIpc) is 3.47. The summed E-state index contributed by atoms with van der Waals surface area (Å²) in [5.74, 6) is -1.49. The number of hydrogen-bond acceptors (Lipinski definition) is 17. The minimum absolute atomic E-state index is 0.0660. The highest BCUT2D eigenvalue weighted by atomic mass is 32.2. The van der Waals surface area contributed by atoms with Crippen molar-refractivity contribution in [2.45, 2.75) is 97.1 Å². The van der Waals surface area contributed by atoms with E-state index in [1.54, 1.807) is 108 Å². The summed E-state index contributed by atoms with van der Waals surface area (Å²) < 4.78 is 118. The molecule has 0 saturated heterocycles. The summed E-state index contributed by atoms with van der Waals surface area (Å²) in [6.45, 7) is 12.0. The second-order valence-corrected chi connectivity index (χ2v) is 20.6. The fourth-order valence-corrected chi connectivity index (χ4v) is 8.23. The number of carbonyl (C=O) groups is 2. The maximum atomic E-state index is 17.7. The molecule has 72 heavy (non-hydrogen) atoms. The molecule has 0 saturated carbocycles. The molecule has 23 heteroatoms. The number of aromatic nitrogens is 6. The number of methoxy groups -OCH3 is 2. The van der Waals surface area contributed by atoms with Gasteiger partial charge < -0.3 is 33.5 Å². The summed E-state index contributed by atoms with van der Waals surface area (Å²) in [7, 11) is -1.37. The van der Waals surface area contributed by atoms with Crippen molar-refractivity contribution in [2.75, 3.05) is 48.3 Å². The van der Waals surface area contributed by atoms with E-state index in [1.807, 2.05) is 0 Å². The number of imide groups is 1. The third kappa shape index (κ3) is 11.5. The van der Waals surface area contributed by atoms with Crippen LogP contribution in [0.1, 0.15) is 82.5 Å². The Hall–Kier alpha value is -7.43. The number of ether oxygens (including phenoxy) is 5. The van der Waals surface area contributed by atoms with Crippen molar-refractivity contribution in [2.24, 2.45) is 0 Å². The van der Waals surface area contributed by atoms with E-state index in [9.17, 15) is 18.0 Å². The first kappa shape index (κ1) is 52.4. The molecule has 2 aromatic carbocycles. The van der Waals surface area contributed by atoms with Crippen LogP contribution in [0, 0.1) is 12.7 Å². The van der Waals surface area contributed by atoms with E-state index >= 15 is 17.6 Å². The van der Waals surface area contributed by atoms with Crippen molar-refractivity contribution in [1.29, 1.82) is 0 Å². The second kappa shape index (κ2) is 20.0. The summed E-state index contributed by atoms with van der Waals surface area (Å²) in [5.41, 5.74) is -5.23. The Bertz CT molecular complexity index is 3050. The molecule has 1 aliphatic heterocycles. The predicted octanol–water partition coefficient (Wildman–Crippen LogP) is 9.61. The Balaban J connectivity index is 1.43. The number of anilines is 3. The van der Waals surface area contributed by atoms with Crippen LogP contribution in [-0.2, 0) is 38.6 Å². The number of rotatable bonds is 12. The van der Waals surface area contributed by atoms with E-state index in [0.29, 0.717) is 27.5 Å². The van der Waals surface area contributed by atoms with Crippen molar-refractivity contribution in [3.8, 4) is 28.8 Å². The van der Waals surface area contributed by atoms with Crippen LogP contribution in [0.3, 0.4) is 0 Å². The van der Waals surface area contributed by atoms with Gasteiger partial charge in [0.2, 0.25) is 26.8 Å². The van der Waals surface area contributed by atoms with Crippen LogP contribution in [0.25, 0.3) is 22.3 Å². The molecule has 382 valence electrons. The molecule has 0 aliphatic carbocycles. The monoisotopic (exact) mass is 1020 g/mol. The standard InChI is InChI=1S/C49H53F4N9O9S/c1-27-35(49(51,52)53)38(57-43(55-27)60(25-29-14-18-31(67-9)19-15-29)26-30-16-20-32(68-10)21-17-30)39-36(50)37-34-41(59-44(58-37)72(11,65)66)61(23-24-69-42(34)56-39)28(2)33-13-12-22-54-40(33)62(45(63)70-47(3,4)5)46(64)71-48(6,7)8/h12-22,28H,23-26H2,1-11H3. The Labute approximate surface area is 413 Å². The first-order valence-electron chi connectivity index (χ1n) is 22.4. The first-order valence-corrected chi connectivity index (χ1v) is 24.2. The van der Waals surface area contributed by atoms with Crippen LogP contribution >= 0.6 is 0 Å². The first-order chi connectivity index (χ1) is 33.7. The van der Waals surface area contributed by atoms with E-state index < -0.39 is 90.5 Å². The van der Waals surface area contributed by atoms with Gasteiger partial charge in [-0.15, -0.1) is 0 Å². The number of carbonyl (C=O) groups excluding carboxylic acids is 2. The zero-order valence-electron chi connectivity index (χ0n) is 41.4. The molecule has 6 aromatic rings. The molecule has 1 aliphatic rings. The highest BCUT2D eigenvalue weighted by Gasteiger charge is 2.42. The maximum Gasteiger partial charge on any atom is 0.425 e. The number of halogens is 4. The summed E-state index contributed by atoms with van der Waals surface area (Å²) in [5, 5.41) is -1.18. The van der Waals surface area contributed by atoms with Crippen LogP contribution in [0.15, 0.2) is 72.0 Å². The van der Waals surface area contributed by atoms with E-state index in [2.05, 4.69) is 29.9 Å². The van der Waals surface area contributed by atoms with Gasteiger partial charge in [-0.1, -0.05) is 30.3 Å². The second-order valence-electron chi connectivity index (χ2n) is 18.7.